The SMILES string of the molecule is COC(=O)c1cc(-c2ccccc2)n(-n2c(-c3ccc4c(c3)OCO4)cc(C(=O)OC)c2C)c1C. The fourth-order valence-corrected chi connectivity index (χ4v) is 4.42. The largest absolute Gasteiger partial charge is 0.465 e. The Balaban J connectivity index is 1.83. The van der Waals surface area contributed by atoms with Gasteiger partial charge in [-0.3, -0.25) is 9.35 Å². The zero-order valence-electron chi connectivity index (χ0n) is 19.8. The third-order valence-electron chi connectivity index (χ3n) is 6.18. The number of methoxy groups -OCH3 is 2. The predicted octanol–water partition coefficient (Wildman–Crippen LogP) is 4.85. The molecular formula is C27H24N2O6. The molecule has 3 heterocycles. The summed E-state index contributed by atoms with van der Waals surface area (Å²) in [6.07, 6.45) is 0. The van der Waals surface area contributed by atoms with Crippen LogP contribution in [0.3, 0.4) is 0 Å². The van der Waals surface area contributed by atoms with Gasteiger partial charge in [-0.05, 0) is 44.2 Å². The summed E-state index contributed by atoms with van der Waals surface area (Å²) in [7, 11) is 2.71. The maximum Gasteiger partial charge on any atom is 0.339 e. The van der Waals surface area contributed by atoms with Crippen molar-refractivity contribution in [2.75, 3.05) is 21.0 Å². The topological polar surface area (TPSA) is 80.9 Å². The van der Waals surface area contributed by atoms with Gasteiger partial charge in [-0.2, -0.15) is 0 Å². The van der Waals surface area contributed by atoms with Gasteiger partial charge in [0.1, 0.15) is 0 Å². The minimum atomic E-state index is -0.456. The Hall–Kier alpha value is -4.46. The minimum absolute atomic E-state index is 0.156. The summed E-state index contributed by atoms with van der Waals surface area (Å²) in [5, 5.41) is 0. The summed E-state index contributed by atoms with van der Waals surface area (Å²) in [5.74, 6) is 0.380. The highest BCUT2D eigenvalue weighted by atomic mass is 16.7. The van der Waals surface area contributed by atoms with E-state index in [0.717, 1.165) is 16.8 Å². The molecule has 0 fully saturated rings. The molecule has 35 heavy (non-hydrogen) atoms. The van der Waals surface area contributed by atoms with E-state index in [-0.39, 0.29) is 6.79 Å². The summed E-state index contributed by atoms with van der Waals surface area (Å²) in [4.78, 5) is 25.3. The van der Waals surface area contributed by atoms with E-state index < -0.39 is 11.9 Å². The van der Waals surface area contributed by atoms with Crippen LogP contribution in [0.5, 0.6) is 11.5 Å². The van der Waals surface area contributed by atoms with Gasteiger partial charge in [0.2, 0.25) is 6.79 Å². The number of benzene rings is 2. The minimum Gasteiger partial charge on any atom is -0.465 e. The van der Waals surface area contributed by atoms with Crippen molar-refractivity contribution in [3.05, 3.63) is 83.2 Å². The number of esters is 2. The highest BCUT2D eigenvalue weighted by molar-refractivity contribution is 5.94. The number of carbonyl (C=O) groups is 2. The van der Waals surface area contributed by atoms with Crippen molar-refractivity contribution < 1.29 is 28.5 Å². The lowest BCUT2D eigenvalue weighted by Crippen LogP contribution is -2.17. The van der Waals surface area contributed by atoms with Gasteiger partial charge in [0.05, 0.1) is 48.1 Å². The van der Waals surface area contributed by atoms with Crippen molar-refractivity contribution >= 4 is 11.9 Å². The van der Waals surface area contributed by atoms with Crippen LogP contribution in [0.1, 0.15) is 32.1 Å². The fourth-order valence-electron chi connectivity index (χ4n) is 4.42. The van der Waals surface area contributed by atoms with E-state index in [0.29, 0.717) is 39.7 Å². The van der Waals surface area contributed by atoms with Crippen LogP contribution < -0.4 is 9.47 Å². The lowest BCUT2D eigenvalue weighted by atomic mass is 10.1. The predicted molar refractivity (Wildman–Crippen MR) is 129 cm³/mol. The quantitative estimate of drug-likeness (QED) is 0.386. The van der Waals surface area contributed by atoms with Crippen molar-refractivity contribution in [2.24, 2.45) is 0 Å². The molecule has 2 aromatic heterocycles. The van der Waals surface area contributed by atoms with Crippen molar-refractivity contribution in [2.45, 2.75) is 13.8 Å². The highest BCUT2D eigenvalue weighted by Gasteiger charge is 2.27. The van der Waals surface area contributed by atoms with Crippen molar-refractivity contribution in [1.82, 2.24) is 9.35 Å². The lowest BCUT2D eigenvalue weighted by molar-refractivity contribution is 0.0590. The molecule has 0 N–H and O–H groups in total. The molecular weight excluding hydrogens is 448 g/mol. The van der Waals surface area contributed by atoms with Crippen LogP contribution in [-0.4, -0.2) is 42.3 Å². The van der Waals surface area contributed by atoms with Crippen LogP contribution in [0.15, 0.2) is 60.7 Å². The molecule has 0 saturated heterocycles. The van der Waals surface area contributed by atoms with Crippen molar-refractivity contribution in [1.29, 1.82) is 0 Å². The molecule has 0 saturated carbocycles. The number of fused-ring (bicyclic) bond motifs is 1. The molecule has 2 aromatic carbocycles. The molecule has 1 aliphatic rings. The number of aromatic nitrogens is 2. The van der Waals surface area contributed by atoms with Crippen LogP contribution in [0.25, 0.3) is 22.5 Å². The van der Waals surface area contributed by atoms with E-state index >= 15 is 0 Å². The van der Waals surface area contributed by atoms with Gasteiger partial charge in [-0.25, -0.2) is 9.59 Å². The van der Waals surface area contributed by atoms with Gasteiger partial charge in [-0.1, -0.05) is 30.3 Å². The van der Waals surface area contributed by atoms with E-state index in [9.17, 15) is 9.59 Å². The zero-order chi connectivity index (χ0) is 24.7. The molecule has 0 bridgehead atoms. The van der Waals surface area contributed by atoms with Gasteiger partial charge >= 0.3 is 11.9 Å². The summed E-state index contributed by atoms with van der Waals surface area (Å²) in [6, 6.07) is 18.9. The van der Waals surface area contributed by atoms with E-state index in [4.69, 9.17) is 18.9 Å². The van der Waals surface area contributed by atoms with Gasteiger partial charge in [-0.15, -0.1) is 0 Å². The Morgan fingerprint density at radius 3 is 1.83 bits per heavy atom. The number of nitrogens with zero attached hydrogens (tertiary/aromatic N) is 2. The van der Waals surface area contributed by atoms with Crippen molar-refractivity contribution in [3.63, 3.8) is 0 Å². The molecule has 1 aliphatic heterocycles. The smallest absolute Gasteiger partial charge is 0.339 e. The lowest BCUT2D eigenvalue weighted by Gasteiger charge is -2.19. The second kappa shape index (κ2) is 8.72. The molecule has 0 radical (unpaired) electrons. The third kappa shape index (κ3) is 3.63. The normalized spacial score (nSPS) is 12.0. The summed E-state index contributed by atoms with van der Waals surface area (Å²) in [6.45, 7) is 3.84. The molecule has 0 spiro atoms. The van der Waals surface area contributed by atoms with Crippen LogP contribution in [0, 0.1) is 13.8 Å². The highest BCUT2D eigenvalue weighted by Crippen LogP contribution is 2.38. The molecule has 0 amide bonds. The molecule has 0 aliphatic carbocycles. The average molecular weight is 472 g/mol. The first-order valence-electron chi connectivity index (χ1n) is 11.0. The van der Waals surface area contributed by atoms with Gasteiger partial charge in [0.15, 0.2) is 11.5 Å². The first-order valence-corrected chi connectivity index (χ1v) is 11.0. The van der Waals surface area contributed by atoms with Crippen LogP contribution >= 0.6 is 0 Å². The molecule has 8 nitrogen and oxygen atoms in total. The molecule has 0 unspecified atom stereocenters. The first-order chi connectivity index (χ1) is 16.9. The first kappa shape index (κ1) is 22.3. The molecule has 5 rings (SSSR count). The Bertz CT molecular complexity index is 1450. The van der Waals surface area contributed by atoms with E-state index in [1.165, 1.54) is 14.2 Å². The van der Waals surface area contributed by atoms with Crippen LogP contribution in [0.4, 0.5) is 0 Å². The Kier molecular flexibility index (Phi) is 5.56. The van der Waals surface area contributed by atoms with Gasteiger partial charge < -0.3 is 18.9 Å². The average Bonchev–Trinajstić information content (AvgIpc) is 3.58. The van der Waals surface area contributed by atoms with Crippen LogP contribution in [-0.2, 0) is 9.47 Å². The standard InChI is InChI=1S/C27H24N2O6/c1-16-20(26(30)32-3)13-22(18-8-6-5-7-9-18)28(16)29-17(2)21(27(31)33-4)14-23(29)19-10-11-24-25(12-19)35-15-34-24/h5-14H,15H2,1-4H3. The maximum atomic E-state index is 12.7. The van der Waals surface area contributed by atoms with Gasteiger partial charge in [0, 0.05) is 11.1 Å². The van der Waals surface area contributed by atoms with Gasteiger partial charge in [0.25, 0.3) is 0 Å². The Morgan fingerprint density at radius 2 is 1.26 bits per heavy atom. The van der Waals surface area contributed by atoms with E-state index in [1.807, 2.05) is 71.7 Å². The monoisotopic (exact) mass is 472 g/mol. The number of ether oxygens (including phenoxy) is 4. The fraction of sp³-hybridized carbons (Fsp3) is 0.185. The third-order valence-corrected chi connectivity index (χ3v) is 6.18. The molecule has 4 aromatic rings. The van der Waals surface area contributed by atoms with E-state index in [1.54, 1.807) is 12.1 Å². The van der Waals surface area contributed by atoms with Crippen molar-refractivity contribution in [3.8, 4) is 34.0 Å². The number of hydrogen-bond donors (Lipinski definition) is 0. The Morgan fingerprint density at radius 1 is 0.714 bits per heavy atom. The second-order valence-corrected chi connectivity index (χ2v) is 8.10. The van der Waals surface area contributed by atoms with Crippen LogP contribution in [0.2, 0.25) is 0 Å². The number of rotatable bonds is 5. The molecule has 178 valence electrons. The summed E-state index contributed by atoms with van der Waals surface area (Å²) < 4.78 is 25.0. The molecule has 0 atom stereocenters. The zero-order valence-corrected chi connectivity index (χ0v) is 19.8. The summed E-state index contributed by atoms with van der Waals surface area (Å²) in [5.41, 5.74) is 5.33. The second-order valence-electron chi connectivity index (χ2n) is 8.10. The number of carbonyl (C=O) groups excluding carboxylic acids is 2. The Labute approximate surface area is 202 Å². The molecule has 8 heteroatoms. The summed E-state index contributed by atoms with van der Waals surface area (Å²) >= 11 is 0. The number of hydrogen-bond acceptors (Lipinski definition) is 6. The van der Waals surface area contributed by atoms with E-state index in [2.05, 4.69) is 0 Å². The maximum absolute atomic E-state index is 12.7.